The summed E-state index contributed by atoms with van der Waals surface area (Å²) in [4.78, 5) is 0. The molecule has 0 radical (unpaired) electrons. The van der Waals surface area contributed by atoms with Gasteiger partial charge in [-0.15, -0.1) is 0 Å². The van der Waals surface area contributed by atoms with Gasteiger partial charge in [0.2, 0.25) is 0 Å². The van der Waals surface area contributed by atoms with Crippen LogP contribution in [-0.4, -0.2) is 24.8 Å². The first-order chi connectivity index (χ1) is 8.90. The molecular weight excluding hydrogens is 241 g/mol. The van der Waals surface area contributed by atoms with Gasteiger partial charge in [0.15, 0.2) is 0 Å². The highest BCUT2D eigenvalue weighted by Crippen LogP contribution is 2.11. The Morgan fingerprint density at radius 2 is 2.05 bits per heavy atom. The molecule has 0 aliphatic heterocycles. The second-order valence-corrected chi connectivity index (χ2v) is 5.91. The summed E-state index contributed by atoms with van der Waals surface area (Å²) in [5.41, 5.74) is 0.861. The van der Waals surface area contributed by atoms with Crippen molar-refractivity contribution in [2.24, 2.45) is 0 Å². The minimum atomic E-state index is -0.177. The maximum Gasteiger partial charge on any atom is 0.123 e. The fourth-order valence-corrected chi connectivity index (χ4v) is 1.84. The number of rotatable bonds is 7. The van der Waals surface area contributed by atoms with Crippen molar-refractivity contribution in [2.75, 3.05) is 13.2 Å². The van der Waals surface area contributed by atoms with Gasteiger partial charge < -0.3 is 10.1 Å². The molecule has 1 aromatic carbocycles. The van der Waals surface area contributed by atoms with E-state index in [0.29, 0.717) is 6.61 Å². The lowest BCUT2D eigenvalue weighted by Gasteiger charge is -2.25. The van der Waals surface area contributed by atoms with E-state index in [1.165, 1.54) is 6.07 Å². The molecule has 0 saturated carbocycles. The molecule has 0 fully saturated rings. The van der Waals surface area contributed by atoms with E-state index >= 15 is 0 Å². The summed E-state index contributed by atoms with van der Waals surface area (Å²) in [6.07, 6.45) is 1.86. The summed E-state index contributed by atoms with van der Waals surface area (Å²) < 4.78 is 19.0. The van der Waals surface area contributed by atoms with Crippen molar-refractivity contribution in [1.82, 2.24) is 5.32 Å². The van der Waals surface area contributed by atoms with Crippen molar-refractivity contribution in [3.63, 3.8) is 0 Å². The van der Waals surface area contributed by atoms with Crippen molar-refractivity contribution in [1.29, 1.82) is 0 Å². The Labute approximate surface area is 116 Å². The summed E-state index contributed by atoms with van der Waals surface area (Å²) in [6, 6.07) is 7.01. The number of benzene rings is 1. The maximum atomic E-state index is 13.2. The highest BCUT2D eigenvalue weighted by atomic mass is 19.1. The molecule has 1 atom stereocenters. The van der Waals surface area contributed by atoms with Gasteiger partial charge in [-0.05, 0) is 57.9 Å². The average Bonchev–Trinajstić information content (AvgIpc) is 2.31. The molecular formula is C16H26FNO. The normalized spacial score (nSPS) is 13.5. The Morgan fingerprint density at radius 1 is 1.32 bits per heavy atom. The predicted octanol–water partition coefficient (Wildman–Crippen LogP) is 3.55. The number of hydrogen-bond acceptors (Lipinski definition) is 2. The van der Waals surface area contributed by atoms with Crippen molar-refractivity contribution in [3.05, 3.63) is 35.6 Å². The lowest BCUT2D eigenvalue weighted by molar-refractivity contribution is -0.0143. The molecule has 0 aliphatic carbocycles. The van der Waals surface area contributed by atoms with E-state index in [4.69, 9.17) is 4.74 Å². The molecule has 0 heterocycles. The minimum Gasteiger partial charge on any atom is -0.374 e. The monoisotopic (exact) mass is 267 g/mol. The Kier molecular flexibility index (Phi) is 6.46. The minimum absolute atomic E-state index is 0.145. The Balaban J connectivity index is 2.58. The van der Waals surface area contributed by atoms with Crippen LogP contribution in [0.3, 0.4) is 0 Å². The van der Waals surface area contributed by atoms with Crippen molar-refractivity contribution >= 4 is 0 Å². The van der Waals surface area contributed by atoms with Crippen LogP contribution in [-0.2, 0) is 11.2 Å². The molecule has 0 aliphatic rings. The van der Waals surface area contributed by atoms with Gasteiger partial charge in [-0.2, -0.15) is 0 Å². The van der Waals surface area contributed by atoms with Crippen LogP contribution >= 0.6 is 0 Å². The molecule has 0 amide bonds. The quantitative estimate of drug-likeness (QED) is 0.815. The van der Waals surface area contributed by atoms with Gasteiger partial charge in [0, 0.05) is 6.04 Å². The third kappa shape index (κ3) is 7.28. The van der Waals surface area contributed by atoms with Crippen molar-refractivity contribution in [2.45, 2.75) is 52.2 Å². The molecule has 0 aromatic heterocycles. The lowest BCUT2D eigenvalue weighted by atomic mass is 10.1. The Bertz CT molecular complexity index is 373. The van der Waals surface area contributed by atoms with Gasteiger partial charge in [0.1, 0.15) is 5.82 Å². The first-order valence-corrected chi connectivity index (χ1v) is 7.02. The molecule has 2 nitrogen and oxygen atoms in total. The molecule has 19 heavy (non-hydrogen) atoms. The summed E-state index contributed by atoms with van der Waals surface area (Å²) in [7, 11) is 0. The Hall–Kier alpha value is -0.930. The van der Waals surface area contributed by atoms with Gasteiger partial charge in [-0.3, -0.25) is 0 Å². The van der Waals surface area contributed by atoms with E-state index in [1.54, 1.807) is 12.1 Å². The zero-order chi connectivity index (χ0) is 14.3. The van der Waals surface area contributed by atoms with Gasteiger partial charge >= 0.3 is 0 Å². The van der Waals surface area contributed by atoms with Crippen LogP contribution in [0.1, 0.15) is 39.7 Å². The third-order valence-corrected chi connectivity index (χ3v) is 2.77. The summed E-state index contributed by atoms with van der Waals surface area (Å²) in [6.45, 7) is 9.87. The first kappa shape index (κ1) is 16.1. The fraction of sp³-hybridized carbons (Fsp3) is 0.625. The standard InChI is InChI=1S/C16H26FNO/c1-5-9-18-15(12-19-16(2,3)4)11-13-7-6-8-14(17)10-13/h6-8,10,15,18H,5,9,11-12H2,1-4H3. The van der Waals surface area contributed by atoms with E-state index in [0.717, 1.165) is 24.9 Å². The molecule has 1 rings (SSSR count). The largest absolute Gasteiger partial charge is 0.374 e. The van der Waals surface area contributed by atoms with E-state index in [-0.39, 0.29) is 17.5 Å². The van der Waals surface area contributed by atoms with E-state index in [1.807, 2.05) is 26.8 Å². The van der Waals surface area contributed by atoms with Crippen molar-refractivity contribution < 1.29 is 9.13 Å². The van der Waals surface area contributed by atoms with E-state index < -0.39 is 0 Å². The van der Waals surface area contributed by atoms with Crippen LogP contribution in [0.4, 0.5) is 4.39 Å². The fourth-order valence-electron chi connectivity index (χ4n) is 1.84. The van der Waals surface area contributed by atoms with Crippen LogP contribution < -0.4 is 5.32 Å². The second kappa shape index (κ2) is 7.61. The van der Waals surface area contributed by atoms with Gasteiger partial charge in [0.05, 0.1) is 12.2 Å². The number of nitrogens with one attached hydrogen (secondary N) is 1. The third-order valence-electron chi connectivity index (χ3n) is 2.77. The molecule has 0 spiro atoms. The SMILES string of the molecule is CCCNC(COC(C)(C)C)Cc1cccc(F)c1. The van der Waals surface area contributed by atoms with Crippen LogP contribution in [0.2, 0.25) is 0 Å². The summed E-state index contributed by atoms with van der Waals surface area (Å²) in [5.74, 6) is -0.177. The maximum absolute atomic E-state index is 13.2. The van der Waals surface area contributed by atoms with E-state index in [2.05, 4.69) is 12.2 Å². The topological polar surface area (TPSA) is 21.3 Å². The number of ether oxygens (including phenoxy) is 1. The second-order valence-electron chi connectivity index (χ2n) is 5.91. The van der Waals surface area contributed by atoms with Gasteiger partial charge in [-0.1, -0.05) is 19.1 Å². The average molecular weight is 267 g/mol. The molecule has 1 N–H and O–H groups in total. The lowest BCUT2D eigenvalue weighted by Crippen LogP contribution is -2.38. The first-order valence-electron chi connectivity index (χ1n) is 7.02. The van der Waals surface area contributed by atoms with Gasteiger partial charge in [-0.25, -0.2) is 4.39 Å². The molecule has 108 valence electrons. The molecule has 0 bridgehead atoms. The molecule has 3 heteroatoms. The smallest absolute Gasteiger partial charge is 0.123 e. The van der Waals surface area contributed by atoms with E-state index in [9.17, 15) is 4.39 Å². The van der Waals surface area contributed by atoms with Crippen LogP contribution in [0.25, 0.3) is 0 Å². The molecule has 0 saturated heterocycles. The van der Waals surface area contributed by atoms with Crippen molar-refractivity contribution in [3.8, 4) is 0 Å². The highest BCUT2D eigenvalue weighted by Gasteiger charge is 2.15. The number of hydrogen-bond donors (Lipinski definition) is 1. The molecule has 1 unspecified atom stereocenters. The number of halogens is 1. The zero-order valence-corrected chi connectivity index (χ0v) is 12.5. The highest BCUT2D eigenvalue weighted by molar-refractivity contribution is 5.17. The predicted molar refractivity (Wildman–Crippen MR) is 77.9 cm³/mol. The summed E-state index contributed by atoms with van der Waals surface area (Å²) in [5, 5.41) is 3.46. The Morgan fingerprint density at radius 3 is 2.63 bits per heavy atom. The van der Waals surface area contributed by atoms with Gasteiger partial charge in [0.25, 0.3) is 0 Å². The van der Waals surface area contributed by atoms with Crippen LogP contribution in [0, 0.1) is 5.82 Å². The van der Waals surface area contributed by atoms with Crippen LogP contribution in [0.15, 0.2) is 24.3 Å². The summed E-state index contributed by atoms with van der Waals surface area (Å²) >= 11 is 0. The zero-order valence-electron chi connectivity index (χ0n) is 12.5. The van der Waals surface area contributed by atoms with Crippen LogP contribution in [0.5, 0.6) is 0 Å². The molecule has 1 aromatic rings.